The van der Waals surface area contributed by atoms with Gasteiger partial charge in [0.05, 0.1) is 4.92 Å². The van der Waals surface area contributed by atoms with Crippen LogP contribution in [0.4, 0.5) is 11.4 Å². The van der Waals surface area contributed by atoms with Crippen LogP contribution in [-0.2, 0) is 0 Å². The summed E-state index contributed by atoms with van der Waals surface area (Å²) in [7, 11) is 0. The number of nitrogens with zero attached hydrogens (tertiary/aromatic N) is 1. The van der Waals surface area contributed by atoms with Crippen molar-refractivity contribution < 1.29 is 4.92 Å². The fourth-order valence-corrected chi connectivity index (χ4v) is 2.19. The summed E-state index contributed by atoms with van der Waals surface area (Å²) in [6.45, 7) is 2.91. The van der Waals surface area contributed by atoms with Crippen LogP contribution in [0.3, 0.4) is 0 Å². The van der Waals surface area contributed by atoms with Gasteiger partial charge in [0.15, 0.2) is 0 Å². The van der Waals surface area contributed by atoms with Gasteiger partial charge in [-0.25, -0.2) is 0 Å². The second kappa shape index (κ2) is 6.18. The van der Waals surface area contributed by atoms with E-state index in [-0.39, 0.29) is 10.6 Å². The Morgan fingerprint density at radius 2 is 1.95 bits per heavy atom. The standard InChI is InChI=1S/C15H18N2O2/c1-2-3-6-11-16-15-13-8-5-4-7-12(13)9-10-14(15)17(18)19/h4-5,7-10,16H,2-3,6,11H2,1H3. The molecule has 0 aliphatic carbocycles. The summed E-state index contributed by atoms with van der Waals surface area (Å²) in [5.74, 6) is 0. The molecule has 2 rings (SSSR count). The predicted octanol–water partition coefficient (Wildman–Crippen LogP) is 4.35. The van der Waals surface area contributed by atoms with Crippen molar-refractivity contribution in [1.29, 1.82) is 0 Å². The van der Waals surface area contributed by atoms with Crippen LogP contribution in [0.25, 0.3) is 10.8 Å². The number of fused-ring (bicyclic) bond motifs is 1. The van der Waals surface area contributed by atoms with Gasteiger partial charge in [-0.05, 0) is 17.9 Å². The Labute approximate surface area is 112 Å². The Morgan fingerprint density at radius 3 is 2.68 bits per heavy atom. The van der Waals surface area contributed by atoms with Crippen molar-refractivity contribution in [1.82, 2.24) is 0 Å². The number of unbranched alkanes of at least 4 members (excludes halogenated alkanes) is 2. The average molecular weight is 258 g/mol. The number of benzene rings is 2. The van der Waals surface area contributed by atoms with Crippen LogP contribution in [0.2, 0.25) is 0 Å². The first-order chi connectivity index (χ1) is 9.24. The lowest BCUT2D eigenvalue weighted by Gasteiger charge is -2.10. The molecule has 4 nitrogen and oxygen atoms in total. The number of hydrogen-bond donors (Lipinski definition) is 1. The first kappa shape index (κ1) is 13.3. The normalized spacial score (nSPS) is 10.6. The summed E-state index contributed by atoms with van der Waals surface area (Å²) in [5.41, 5.74) is 0.786. The van der Waals surface area contributed by atoms with Crippen LogP contribution in [-0.4, -0.2) is 11.5 Å². The minimum Gasteiger partial charge on any atom is -0.379 e. The first-order valence-corrected chi connectivity index (χ1v) is 6.64. The van der Waals surface area contributed by atoms with Crippen molar-refractivity contribution in [2.24, 2.45) is 0 Å². The second-order valence-corrected chi connectivity index (χ2v) is 4.57. The molecule has 0 fully saturated rings. The lowest BCUT2D eigenvalue weighted by atomic mass is 10.1. The fourth-order valence-electron chi connectivity index (χ4n) is 2.19. The van der Waals surface area contributed by atoms with Crippen LogP contribution in [0.5, 0.6) is 0 Å². The van der Waals surface area contributed by atoms with Gasteiger partial charge in [0, 0.05) is 18.0 Å². The maximum Gasteiger partial charge on any atom is 0.292 e. The molecule has 0 saturated heterocycles. The molecular formula is C15H18N2O2. The van der Waals surface area contributed by atoms with E-state index in [0.717, 1.165) is 36.6 Å². The zero-order valence-corrected chi connectivity index (χ0v) is 11.1. The van der Waals surface area contributed by atoms with E-state index in [9.17, 15) is 10.1 Å². The third-order valence-electron chi connectivity index (χ3n) is 3.19. The summed E-state index contributed by atoms with van der Waals surface area (Å²) in [6.07, 6.45) is 3.29. The van der Waals surface area contributed by atoms with Crippen molar-refractivity contribution in [3.8, 4) is 0 Å². The van der Waals surface area contributed by atoms with Gasteiger partial charge < -0.3 is 5.32 Å². The molecule has 0 unspecified atom stereocenters. The molecule has 0 aliphatic rings. The summed E-state index contributed by atoms with van der Waals surface area (Å²) in [6, 6.07) is 11.1. The van der Waals surface area contributed by atoms with E-state index >= 15 is 0 Å². The Bertz CT molecular complexity index is 581. The van der Waals surface area contributed by atoms with Crippen LogP contribution in [0, 0.1) is 10.1 Å². The fraction of sp³-hybridized carbons (Fsp3) is 0.333. The highest BCUT2D eigenvalue weighted by Crippen LogP contribution is 2.32. The maximum absolute atomic E-state index is 11.1. The minimum atomic E-state index is -0.325. The van der Waals surface area contributed by atoms with E-state index in [1.165, 1.54) is 0 Å². The molecule has 4 heteroatoms. The second-order valence-electron chi connectivity index (χ2n) is 4.57. The predicted molar refractivity (Wildman–Crippen MR) is 78.6 cm³/mol. The molecule has 0 atom stereocenters. The Kier molecular flexibility index (Phi) is 4.34. The Hall–Kier alpha value is -2.10. The maximum atomic E-state index is 11.1. The molecule has 2 aromatic rings. The largest absolute Gasteiger partial charge is 0.379 e. The number of nitro benzene ring substituents is 1. The van der Waals surface area contributed by atoms with Crippen molar-refractivity contribution >= 4 is 22.1 Å². The van der Waals surface area contributed by atoms with Gasteiger partial charge in [0.1, 0.15) is 5.69 Å². The van der Waals surface area contributed by atoms with E-state index < -0.39 is 0 Å². The highest BCUT2D eigenvalue weighted by Gasteiger charge is 2.15. The lowest BCUT2D eigenvalue weighted by molar-refractivity contribution is -0.383. The molecule has 19 heavy (non-hydrogen) atoms. The van der Waals surface area contributed by atoms with E-state index in [1.54, 1.807) is 12.1 Å². The van der Waals surface area contributed by atoms with E-state index in [2.05, 4.69) is 12.2 Å². The molecule has 0 aromatic heterocycles. The first-order valence-electron chi connectivity index (χ1n) is 6.64. The van der Waals surface area contributed by atoms with Gasteiger partial charge in [-0.1, -0.05) is 44.0 Å². The summed E-state index contributed by atoms with van der Waals surface area (Å²) in [4.78, 5) is 10.8. The molecule has 2 aromatic carbocycles. The number of rotatable bonds is 6. The van der Waals surface area contributed by atoms with Crippen molar-refractivity contribution in [2.45, 2.75) is 26.2 Å². The SMILES string of the molecule is CCCCCNc1c([N+](=O)[O-])ccc2ccccc12. The molecule has 1 N–H and O–H groups in total. The van der Waals surface area contributed by atoms with Crippen LogP contribution in [0.15, 0.2) is 36.4 Å². The molecule has 0 saturated carbocycles. The molecule has 0 aliphatic heterocycles. The van der Waals surface area contributed by atoms with Gasteiger partial charge in [0.2, 0.25) is 0 Å². The zero-order chi connectivity index (χ0) is 13.7. The van der Waals surface area contributed by atoms with E-state index in [1.807, 2.05) is 24.3 Å². The summed E-state index contributed by atoms with van der Waals surface area (Å²) < 4.78 is 0. The molecule has 0 radical (unpaired) electrons. The van der Waals surface area contributed by atoms with Gasteiger partial charge >= 0.3 is 0 Å². The zero-order valence-electron chi connectivity index (χ0n) is 11.1. The van der Waals surface area contributed by atoms with Crippen molar-refractivity contribution in [3.63, 3.8) is 0 Å². The molecular weight excluding hydrogens is 240 g/mol. The molecule has 0 bridgehead atoms. The van der Waals surface area contributed by atoms with Gasteiger partial charge in [-0.2, -0.15) is 0 Å². The number of nitrogens with one attached hydrogen (secondary N) is 1. The third-order valence-corrected chi connectivity index (χ3v) is 3.19. The van der Waals surface area contributed by atoms with E-state index in [0.29, 0.717) is 5.69 Å². The Balaban J connectivity index is 2.35. The molecule has 0 spiro atoms. The highest BCUT2D eigenvalue weighted by molar-refractivity contribution is 5.98. The van der Waals surface area contributed by atoms with Crippen LogP contribution < -0.4 is 5.32 Å². The molecule has 0 heterocycles. The van der Waals surface area contributed by atoms with Gasteiger partial charge in [-0.3, -0.25) is 10.1 Å². The number of nitro groups is 1. The number of hydrogen-bond acceptors (Lipinski definition) is 3. The highest BCUT2D eigenvalue weighted by atomic mass is 16.6. The number of anilines is 1. The van der Waals surface area contributed by atoms with Crippen molar-refractivity contribution in [2.75, 3.05) is 11.9 Å². The topological polar surface area (TPSA) is 55.2 Å². The summed E-state index contributed by atoms with van der Waals surface area (Å²) in [5, 5.41) is 16.3. The third kappa shape index (κ3) is 3.02. The molecule has 0 amide bonds. The quantitative estimate of drug-likeness (QED) is 0.476. The van der Waals surface area contributed by atoms with E-state index in [4.69, 9.17) is 0 Å². The van der Waals surface area contributed by atoms with Crippen molar-refractivity contribution in [3.05, 3.63) is 46.5 Å². The van der Waals surface area contributed by atoms with Gasteiger partial charge in [-0.15, -0.1) is 0 Å². The minimum absolute atomic E-state index is 0.148. The van der Waals surface area contributed by atoms with Crippen LogP contribution in [0.1, 0.15) is 26.2 Å². The summed E-state index contributed by atoms with van der Waals surface area (Å²) >= 11 is 0. The van der Waals surface area contributed by atoms with Crippen LogP contribution >= 0.6 is 0 Å². The van der Waals surface area contributed by atoms with Gasteiger partial charge in [0.25, 0.3) is 5.69 Å². The Morgan fingerprint density at radius 1 is 1.16 bits per heavy atom. The smallest absolute Gasteiger partial charge is 0.292 e. The monoisotopic (exact) mass is 258 g/mol. The average Bonchev–Trinajstić information content (AvgIpc) is 2.43. The lowest BCUT2D eigenvalue weighted by Crippen LogP contribution is -2.04. The molecule has 100 valence electrons.